The van der Waals surface area contributed by atoms with Crippen molar-refractivity contribution in [1.29, 1.82) is 0 Å². The van der Waals surface area contributed by atoms with Gasteiger partial charge in [0, 0.05) is 19.8 Å². The molecule has 0 spiro atoms. The number of amides is 1. The van der Waals surface area contributed by atoms with Crippen LogP contribution in [0.5, 0.6) is 0 Å². The van der Waals surface area contributed by atoms with Crippen molar-refractivity contribution in [3.05, 3.63) is 24.3 Å². The van der Waals surface area contributed by atoms with Gasteiger partial charge in [-0.2, -0.15) is 0 Å². The topological polar surface area (TPSA) is 80.5 Å². The zero-order valence-electron chi connectivity index (χ0n) is 9.17. The van der Waals surface area contributed by atoms with Crippen LogP contribution in [0, 0.1) is 0 Å². The Morgan fingerprint density at radius 1 is 1.38 bits per heavy atom. The predicted octanol–water partition coefficient (Wildman–Crippen LogP) is 0.131. The molecule has 1 aromatic carbocycles. The van der Waals surface area contributed by atoms with E-state index in [-0.39, 0.29) is 4.90 Å². The van der Waals surface area contributed by atoms with Gasteiger partial charge in [0.05, 0.1) is 4.90 Å². The van der Waals surface area contributed by atoms with Crippen molar-refractivity contribution >= 4 is 21.4 Å². The number of rotatable bonds is 3. The quantitative estimate of drug-likeness (QED) is 0.764. The number of anilines is 1. The molecule has 5 nitrogen and oxygen atoms in total. The summed E-state index contributed by atoms with van der Waals surface area (Å²) in [6.45, 7) is 0. The van der Waals surface area contributed by atoms with Crippen molar-refractivity contribution in [2.75, 3.05) is 25.6 Å². The van der Waals surface area contributed by atoms with Crippen LogP contribution in [0.25, 0.3) is 0 Å². The second-order valence-corrected chi connectivity index (χ2v) is 5.61. The molecule has 16 heavy (non-hydrogen) atoms. The van der Waals surface area contributed by atoms with Gasteiger partial charge in [-0.3, -0.25) is 4.79 Å². The van der Waals surface area contributed by atoms with E-state index in [1.165, 1.54) is 31.1 Å². The van der Waals surface area contributed by atoms with Crippen LogP contribution in [0.1, 0.15) is 0 Å². The molecule has 1 aromatic rings. The highest BCUT2D eigenvalue weighted by atomic mass is 32.2. The minimum atomic E-state index is -3.60. The lowest BCUT2D eigenvalue weighted by Gasteiger charge is -2.10. The third kappa shape index (κ3) is 2.96. The molecule has 0 fully saturated rings. The SMILES string of the molecule is CN(C)C(=O)CS(=O)(=O)c1cccc(N)c1. The largest absolute Gasteiger partial charge is 0.399 e. The molecule has 0 aliphatic heterocycles. The number of sulfone groups is 1. The van der Waals surface area contributed by atoms with Crippen LogP contribution in [0.2, 0.25) is 0 Å². The summed E-state index contributed by atoms with van der Waals surface area (Å²) in [7, 11) is -0.576. The lowest BCUT2D eigenvalue weighted by atomic mass is 10.3. The molecule has 0 saturated carbocycles. The first-order valence-electron chi connectivity index (χ1n) is 4.61. The van der Waals surface area contributed by atoms with Gasteiger partial charge in [0.1, 0.15) is 5.75 Å². The van der Waals surface area contributed by atoms with Crippen LogP contribution in [0.4, 0.5) is 5.69 Å². The van der Waals surface area contributed by atoms with E-state index in [9.17, 15) is 13.2 Å². The maximum atomic E-state index is 11.8. The number of hydrogen-bond donors (Lipinski definition) is 1. The van der Waals surface area contributed by atoms with Crippen LogP contribution >= 0.6 is 0 Å². The molecule has 1 rings (SSSR count). The average Bonchev–Trinajstić information content (AvgIpc) is 2.17. The molecule has 2 N–H and O–H groups in total. The standard InChI is InChI=1S/C10H14N2O3S/c1-12(2)10(13)7-16(14,15)9-5-3-4-8(11)6-9/h3-6H,7,11H2,1-2H3. The van der Waals surface area contributed by atoms with Gasteiger partial charge < -0.3 is 10.6 Å². The van der Waals surface area contributed by atoms with E-state index in [1.54, 1.807) is 12.1 Å². The summed E-state index contributed by atoms with van der Waals surface area (Å²) in [6.07, 6.45) is 0. The first-order valence-corrected chi connectivity index (χ1v) is 6.26. The third-order valence-corrected chi connectivity index (χ3v) is 3.63. The maximum Gasteiger partial charge on any atom is 0.237 e. The van der Waals surface area contributed by atoms with Gasteiger partial charge in [0.25, 0.3) is 0 Å². The molecule has 0 unspecified atom stereocenters. The van der Waals surface area contributed by atoms with Gasteiger partial charge in [-0.1, -0.05) is 6.07 Å². The van der Waals surface area contributed by atoms with Crippen molar-refractivity contribution in [1.82, 2.24) is 4.90 Å². The summed E-state index contributed by atoms with van der Waals surface area (Å²) < 4.78 is 23.6. The molecule has 0 bridgehead atoms. The van der Waals surface area contributed by atoms with Crippen molar-refractivity contribution in [3.63, 3.8) is 0 Å². The highest BCUT2D eigenvalue weighted by Crippen LogP contribution is 2.14. The normalized spacial score (nSPS) is 11.1. The summed E-state index contributed by atoms with van der Waals surface area (Å²) >= 11 is 0. The van der Waals surface area contributed by atoms with E-state index >= 15 is 0 Å². The molecular formula is C10H14N2O3S. The van der Waals surface area contributed by atoms with Gasteiger partial charge in [-0.15, -0.1) is 0 Å². The van der Waals surface area contributed by atoms with Gasteiger partial charge in [0.2, 0.25) is 5.91 Å². The first-order chi connectivity index (χ1) is 7.33. The van der Waals surface area contributed by atoms with Crippen molar-refractivity contribution < 1.29 is 13.2 Å². The maximum absolute atomic E-state index is 11.8. The van der Waals surface area contributed by atoms with E-state index in [0.29, 0.717) is 5.69 Å². The molecule has 6 heteroatoms. The monoisotopic (exact) mass is 242 g/mol. The Morgan fingerprint density at radius 3 is 2.50 bits per heavy atom. The van der Waals surface area contributed by atoms with Crippen LogP contribution in [-0.2, 0) is 14.6 Å². The van der Waals surface area contributed by atoms with E-state index in [4.69, 9.17) is 5.73 Å². The van der Waals surface area contributed by atoms with E-state index in [0.717, 1.165) is 0 Å². The fraction of sp³-hybridized carbons (Fsp3) is 0.300. The average molecular weight is 242 g/mol. The number of carbonyl (C=O) groups excluding carboxylic acids is 1. The molecule has 0 aromatic heterocycles. The Morgan fingerprint density at radius 2 is 2.00 bits per heavy atom. The van der Waals surface area contributed by atoms with E-state index < -0.39 is 21.5 Å². The van der Waals surface area contributed by atoms with Gasteiger partial charge in [-0.05, 0) is 18.2 Å². The highest BCUT2D eigenvalue weighted by molar-refractivity contribution is 7.92. The fourth-order valence-electron chi connectivity index (χ4n) is 1.08. The van der Waals surface area contributed by atoms with Crippen LogP contribution in [0.3, 0.4) is 0 Å². The minimum Gasteiger partial charge on any atom is -0.399 e. The molecular weight excluding hydrogens is 228 g/mol. The Balaban J connectivity index is 2.99. The lowest BCUT2D eigenvalue weighted by molar-refractivity contribution is -0.125. The molecule has 0 atom stereocenters. The fourth-order valence-corrected chi connectivity index (χ4v) is 2.43. The lowest BCUT2D eigenvalue weighted by Crippen LogP contribution is -2.29. The van der Waals surface area contributed by atoms with Gasteiger partial charge in [0.15, 0.2) is 9.84 Å². The number of hydrogen-bond acceptors (Lipinski definition) is 4. The molecule has 0 radical (unpaired) electrons. The number of carbonyl (C=O) groups is 1. The number of nitrogen functional groups attached to an aromatic ring is 1. The number of nitrogens with two attached hydrogens (primary N) is 1. The Hall–Kier alpha value is -1.56. The Bertz CT molecular complexity index is 495. The molecule has 0 saturated heterocycles. The van der Waals surface area contributed by atoms with Gasteiger partial charge in [-0.25, -0.2) is 8.42 Å². The first kappa shape index (κ1) is 12.5. The van der Waals surface area contributed by atoms with Gasteiger partial charge >= 0.3 is 0 Å². The number of benzene rings is 1. The second-order valence-electron chi connectivity index (χ2n) is 3.62. The molecule has 0 aliphatic rings. The second kappa shape index (κ2) is 4.52. The Kier molecular flexibility index (Phi) is 3.54. The highest BCUT2D eigenvalue weighted by Gasteiger charge is 2.20. The third-order valence-electron chi connectivity index (χ3n) is 2.03. The summed E-state index contributed by atoms with van der Waals surface area (Å²) in [4.78, 5) is 12.6. The molecule has 0 aliphatic carbocycles. The summed E-state index contributed by atoms with van der Waals surface area (Å²) in [5.74, 6) is -0.994. The summed E-state index contributed by atoms with van der Waals surface area (Å²) in [5.41, 5.74) is 5.85. The molecule has 88 valence electrons. The molecule has 0 heterocycles. The zero-order valence-corrected chi connectivity index (χ0v) is 9.99. The minimum absolute atomic E-state index is 0.0719. The molecule has 1 amide bonds. The Labute approximate surface area is 94.8 Å². The van der Waals surface area contributed by atoms with Crippen LogP contribution in [0.15, 0.2) is 29.2 Å². The summed E-state index contributed by atoms with van der Waals surface area (Å²) in [5, 5.41) is 0. The summed E-state index contributed by atoms with van der Waals surface area (Å²) in [6, 6.07) is 5.90. The van der Waals surface area contributed by atoms with Crippen molar-refractivity contribution in [3.8, 4) is 0 Å². The van der Waals surface area contributed by atoms with E-state index in [2.05, 4.69) is 0 Å². The smallest absolute Gasteiger partial charge is 0.237 e. The van der Waals surface area contributed by atoms with Crippen LogP contribution in [-0.4, -0.2) is 39.1 Å². The number of nitrogens with zero attached hydrogens (tertiary/aromatic N) is 1. The zero-order chi connectivity index (χ0) is 12.3. The van der Waals surface area contributed by atoms with Crippen molar-refractivity contribution in [2.45, 2.75) is 4.90 Å². The predicted molar refractivity (Wildman–Crippen MR) is 61.6 cm³/mol. The van der Waals surface area contributed by atoms with E-state index in [1.807, 2.05) is 0 Å². The van der Waals surface area contributed by atoms with Crippen LogP contribution < -0.4 is 5.73 Å². The van der Waals surface area contributed by atoms with Crippen molar-refractivity contribution in [2.24, 2.45) is 0 Å².